The molecular weight excluding hydrogens is 279 g/mol. The Morgan fingerprint density at radius 2 is 2.20 bits per heavy atom. The van der Waals surface area contributed by atoms with Crippen LogP contribution >= 0.6 is 27.5 Å². The van der Waals surface area contributed by atoms with Crippen molar-refractivity contribution in [3.05, 3.63) is 27.7 Å². The Morgan fingerprint density at radius 1 is 1.53 bits per heavy atom. The molecule has 0 atom stereocenters. The summed E-state index contributed by atoms with van der Waals surface area (Å²) in [5.41, 5.74) is 0.623. The van der Waals surface area contributed by atoms with Gasteiger partial charge in [0.05, 0.1) is 17.3 Å². The molecule has 0 saturated carbocycles. The third-order valence-corrected chi connectivity index (χ3v) is 2.49. The summed E-state index contributed by atoms with van der Waals surface area (Å²) >= 11 is 9.24. The van der Waals surface area contributed by atoms with Crippen LogP contribution in [0.2, 0.25) is 5.02 Å². The zero-order valence-corrected chi connectivity index (χ0v) is 10.9. The molecule has 15 heavy (non-hydrogen) atoms. The monoisotopic (exact) mass is 290 g/mol. The highest BCUT2D eigenvalue weighted by Gasteiger charge is 2.06. The second kappa shape index (κ2) is 5.49. The lowest BCUT2D eigenvalue weighted by Crippen LogP contribution is -2.27. The Hall–Kier alpha value is -0.580. The highest BCUT2D eigenvalue weighted by Crippen LogP contribution is 2.25. The molecule has 0 saturated heterocycles. The predicted octanol–water partition coefficient (Wildman–Crippen LogP) is 2.60. The molecule has 0 aromatic heterocycles. The van der Waals surface area contributed by atoms with E-state index in [4.69, 9.17) is 11.6 Å². The molecule has 1 aromatic rings. The maximum Gasteiger partial charge on any atom is 0.238 e. The van der Waals surface area contributed by atoms with Crippen molar-refractivity contribution in [3.63, 3.8) is 0 Å². The molecule has 1 aromatic carbocycles. The number of carbonyl (C=O) groups is 1. The van der Waals surface area contributed by atoms with E-state index in [2.05, 4.69) is 21.2 Å². The molecule has 5 heteroatoms. The van der Waals surface area contributed by atoms with Crippen LogP contribution < -0.4 is 5.32 Å². The number of rotatable bonds is 3. The average molecular weight is 292 g/mol. The molecular formula is C10H12BrClN2O. The number of amides is 1. The van der Waals surface area contributed by atoms with Crippen molar-refractivity contribution in [3.8, 4) is 0 Å². The van der Waals surface area contributed by atoms with Gasteiger partial charge in [0, 0.05) is 4.47 Å². The zero-order valence-electron chi connectivity index (χ0n) is 8.55. The molecule has 0 heterocycles. The predicted molar refractivity (Wildman–Crippen MR) is 66.3 cm³/mol. The van der Waals surface area contributed by atoms with Crippen LogP contribution in [0.4, 0.5) is 5.69 Å². The van der Waals surface area contributed by atoms with E-state index in [0.29, 0.717) is 17.3 Å². The van der Waals surface area contributed by atoms with Gasteiger partial charge in [-0.25, -0.2) is 0 Å². The van der Waals surface area contributed by atoms with Crippen molar-refractivity contribution in [2.75, 3.05) is 26.0 Å². The van der Waals surface area contributed by atoms with Gasteiger partial charge in [0.2, 0.25) is 5.91 Å². The SMILES string of the molecule is CN(C)CC(=O)Nc1cc(Br)ccc1Cl. The summed E-state index contributed by atoms with van der Waals surface area (Å²) in [4.78, 5) is 13.3. The molecule has 0 aliphatic heterocycles. The standard InChI is InChI=1S/C10H12BrClN2O/c1-14(2)6-10(15)13-9-5-7(11)3-4-8(9)12/h3-5H,6H2,1-2H3,(H,13,15). The number of halogens is 2. The van der Waals surface area contributed by atoms with E-state index in [0.717, 1.165) is 4.47 Å². The summed E-state index contributed by atoms with van der Waals surface area (Å²) < 4.78 is 0.882. The summed E-state index contributed by atoms with van der Waals surface area (Å²) in [5, 5.41) is 3.27. The fourth-order valence-corrected chi connectivity index (χ4v) is 1.60. The van der Waals surface area contributed by atoms with Crippen LogP contribution in [0.15, 0.2) is 22.7 Å². The minimum absolute atomic E-state index is 0.0833. The summed E-state index contributed by atoms with van der Waals surface area (Å²) in [6.07, 6.45) is 0. The van der Waals surface area contributed by atoms with E-state index in [1.54, 1.807) is 17.0 Å². The van der Waals surface area contributed by atoms with E-state index in [9.17, 15) is 4.79 Å². The van der Waals surface area contributed by atoms with Crippen LogP contribution in [0.1, 0.15) is 0 Å². The van der Waals surface area contributed by atoms with E-state index >= 15 is 0 Å². The normalized spacial score (nSPS) is 10.5. The minimum atomic E-state index is -0.0833. The van der Waals surface area contributed by atoms with Crippen LogP contribution in [0, 0.1) is 0 Å². The maximum atomic E-state index is 11.5. The molecule has 0 aliphatic rings. The van der Waals surface area contributed by atoms with Gasteiger partial charge in [0.25, 0.3) is 0 Å². The first kappa shape index (κ1) is 12.5. The van der Waals surface area contributed by atoms with Gasteiger partial charge in [-0.05, 0) is 32.3 Å². The van der Waals surface area contributed by atoms with Crippen molar-refractivity contribution in [1.82, 2.24) is 4.90 Å². The van der Waals surface area contributed by atoms with Gasteiger partial charge in [0.1, 0.15) is 0 Å². The summed E-state index contributed by atoms with van der Waals surface area (Å²) in [6.45, 7) is 0.336. The topological polar surface area (TPSA) is 32.3 Å². The van der Waals surface area contributed by atoms with Crippen LogP contribution in [0.3, 0.4) is 0 Å². The van der Waals surface area contributed by atoms with E-state index in [-0.39, 0.29) is 5.91 Å². The first-order valence-corrected chi connectivity index (χ1v) is 5.56. The first-order valence-electron chi connectivity index (χ1n) is 4.38. The highest BCUT2D eigenvalue weighted by atomic mass is 79.9. The molecule has 1 N–H and O–H groups in total. The second-order valence-corrected chi connectivity index (χ2v) is 4.73. The van der Waals surface area contributed by atoms with Gasteiger partial charge in [-0.1, -0.05) is 27.5 Å². The quantitative estimate of drug-likeness (QED) is 0.928. The van der Waals surface area contributed by atoms with Crippen molar-refractivity contribution >= 4 is 39.1 Å². The van der Waals surface area contributed by atoms with Crippen LogP contribution in [-0.4, -0.2) is 31.4 Å². The van der Waals surface area contributed by atoms with Crippen LogP contribution in [-0.2, 0) is 4.79 Å². The second-order valence-electron chi connectivity index (χ2n) is 3.41. The lowest BCUT2D eigenvalue weighted by molar-refractivity contribution is -0.116. The van der Waals surface area contributed by atoms with Gasteiger partial charge in [-0.3, -0.25) is 4.79 Å². The van der Waals surface area contributed by atoms with Crippen molar-refractivity contribution in [2.24, 2.45) is 0 Å². The first-order chi connectivity index (χ1) is 6.99. The van der Waals surface area contributed by atoms with Crippen molar-refractivity contribution in [1.29, 1.82) is 0 Å². The van der Waals surface area contributed by atoms with Gasteiger partial charge in [0.15, 0.2) is 0 Å². The molecule has 0 unspecified atom stereocenters. The Morgan fingerprint density at radius 3 is 2.80 bits per heavy atom. The third-order valence-electron chi connectivity index (χ3n) is 1.66. The number of likely N-dealkylation sites (N-methyl/N-ethyl adjacent to an activating group) is 1. The minimum Gasteiger partial charge on any atom is -0.324 e. The molecule has 0 spiro atoms. The van der Waals surface area contributed by atoms with Gasteiger partial charge >= 0.3 is 0 Å². The fourth-order valence-electron chi connectivity index (χ4n) is 1.07. The number of hydrogen-bond donors (Lipinski definition) is 1. The summed E-state index contributed by atoms with van der Waals surface area (Å²) in [7, 11) is 3.67. The Bertz CT molecular complexity index is 368. The van der Waals surface area contributed by atoms with Crippen molar-refractivity contribution < 1.29 is 4.79 Å². The van der Waals surface area contributed by atoms with Crippen LogP contribution in [0.5, 0.6) is 0 Å². The third kappa shape index (κ3) is 4.20. The molecule has 0 aliphatic carbocycles. The fraction of sp³-hybridized carbons (Fsp3) is 0.300. The number of carbonyl (C=O) groups excluding carboxylic acids is 1. The molecule has 3 nitrogen and oxygen atoms in total. The molecule has 82 valence electrons. The summed E-state index contributed by atoms with van der Waals surface area (Å²) in [6, 6.07) is 5.33. The van der Waals surface area contributed by atoms with Gasteiger partial charge < -0.3 is 10.2 Å². The average Bonchev–Trinajstić information content (AvgIpc) is 2.10. The van der Waals surface area contributed by atoms with E-state index < -0.39 is 0 Å². The number of hydrogen-bond acceptors (Lipinski definition) is 2. The smallest absolute Gasteiger partial charge is 0.238 e. The number of anilines is 1. The Kier molecular flexibility index (Phi) is 4.57. The molecule has 1 amide bonds. The number of nitrogens with zero attached hydrogens (tertiary/aromatic N) is 1. The Balaban J connectivity index is 2.71. The molecule has 1 rings (SSSR count). The van der Waals surface area contributed by atoms with Gasteiger partial charge in [-0.2, -0.15) is 0 Å². The van der Waals surface area contributed by atoms with E-state index in [1.807, 2.05) is 20.2 Å². The number of nitrogens with one attached hydrogen (secondary N) is 1. The molecule has 0 radical (unpaired) electrons. The zero-order chi connectivity index (χ0) is 11.4. The summed E-state index contributed by atoms with van der Waals surface area (Å²) in [5.74, 6) is -0.0833. The molecule has 0 fully saturated rings. The lowest BCUT2D eigenvalue weighted by Gasteiger charge is -2.11. The van der Waals surface area contributed by atoms with E-state index in [1.165, 1.54) is 0 Å². The number of benzene rings is 1. The van der Waals surface area contributed by atoms with Crippen LogP contribution in [0.25, 0.3) is 0 Å². The highest BCUT2D eigenvalue weighted by molar-refractivity contribution is 9.10. The lowest BCUT2D eigenvalue weighted by atomic mass is 10.3. The van der Waals surface area contributed by atoms with Crippen molar-refractivity contribution in [2.45, 2.75) is 0 Å². The Labute approximate surface area is 103 Å². The molecule has 0 bridgehead atoms. The maximum absolute atomic E-state index is 11.5. The largest absolute Gasteiger partial charge is 0.324 e. The van der Waals surface area contributed by atoms with Gasteiger partial charge in [-0.15, -0.1) is 0 Å².